The molecule has 1 amide bonds. The third-order valence-electron chi connectivity index (χ3n) is 2.45. The van der Waals surface area contributed by atoms with E-state index < -0.39 is 9.84 Å². The van der Waals surface area contributed by atoms with E-state index in [-0.39, 0.29) is 17.4 Å². The highest BCUT2D eigenvalue weighted by atomic mass is 32.2. The molecule has 0 unspecified atom stereocenters. The summed E-state index contributed by atoms with van der Waals surface area (Å²) in [6, 6.07) is 0. The van der Waals surface area contributed by atoms with Crippen molar-refractivity contribution in [2.45, 2.75) is 26.7 Å². The quantitative estimate of drug-likeness (QED) is 0.624. The van der Waals surface area contributed by atoms with E-state index in [1.807, 2.05) is 0 Å². The van der Waals surface area contributed by atoms with Crippen LogP contribution in [0.15, 0.2) is 0 Å². The van der Waals surface area contributed by atoms with Crippen LogP contribution in [-0.4, -0.2) is 57.9 Å². The molecular formula is C12H26N2O3S. The molecule has 0 saturated heterocycles. The van der Waals surface area contributed by atoms with E-state index in [9.17, 15) is 13.2 Å². The largest absolute Gasteiger partial charge is 0.348 e. The third kappa shape index (κ3) is 9.41. The van der Waals surface area contributed by atoms with E-state index in [0.29, 0.717) is 12.3 Å². The molecule has 0 aromatic carbocycles. The van der Waals surface area contributed by atoms with Crippen molar-refractivity contribution < 1.29 is 13.2 Å². The van der Waals surface area contributed by atoms with Gasteiger partial charge in [-0.2, -0.15) is 0 Å². The van der Waals surface area contributed by atoms with Crippen molar-refractivity contribution in [2.24, 2.45) is 5.92 Å². The Bertz CT molecular complexity index is 337. The summed E-state index contributed by atoms with van der Waals surface area (Å²) in [6.45, 7) is 6.04. The summed E-state index contributed by atoms with van der Waals surface area (Å²) < 4.78 is 23.2. The second-order valence-corrected chi connectivity index (χ2v) is 7.37. The van der Waals surface area contributed by atoms with Crippen molar-refractivity contribution >= 4 is 15.7 Å². The van der Waals surface area contributed by atoms with Crippen molar-refractivity contribution in [2.75, 3.05) is 38.7 Å². The van der Waals surface area contributed by atoms with Crippen LogP contribution < -0.4 is 5.32 Å². The van der Waals surface area contributed by atoms with Crippen LogP contribution in [-0.2, 0) is 14.6 Å². The number of nitrogens with zero attached hydrogens (tertiary/aromatic N) is 1. The molecule has 0 saturated carbocycles. The van der Waals surface area contributed by atoms with Gasteiger partial charge in [-0.1, -0.05) is 13.8 Å². The van der Waals surface area contributed by atoms with E-state index >= 15 is 0 Å². The van der Waals surface area contributed by atoms with Gasteiger partial charge in [0.15, 0.2) is 9.84 Å². The average molecular weight is 278 g/mol. The van der Waals surface area contributed by atoms with Gasteiger partial charge in [-0.3, -0.25) is 4.79 Å². The first kappa shape index (κ1) is 17.4. The molecular weight excluding hydrogens is 252 g/mol. The zero-order chi connectivity index (χ0) is 14.2. The minimum absolute atomic E-state index is 0.0932. The summed E-state index contributed by atoms with van der Waals surface area (Å²) in [6.07, 6.45) is 1.43. The van der Waals surface area contributed by atoms with Crippen LogP contribution in [0.2, 0.25) is 0 Å². The molecule has 0 bridgehead atoms. The zero-order valence-electron chi connectivity index (χ0n) is 11.9. The fourth-order valence-corrected chi connectivity index (χ4v) is 2.77. The van der Waals surface area contributed by atoms with Gasteiger partial charge in [-0.25, -0.2) is 8.42 Å². The Balaban J connectivity index is 3.75. The molecule has 1 N–H and O–H groups in total. The van der Waals surface area contributed by atoms with E-state index in [1.165, 1.54) is 4.90 Å². The van der Waals surface area contributed by atoms with Crippen molar-refractivity contribution in [1.29, 1.82) is 0 Å². The van der Waals surface area contributed by atoms with Gasteiger partial charge in [0.2, 0.25) is 5.91 Å². The molecule has 0 atom stereocenters. The minimum atomic E-state index is -3.25. The molecule has 0 aliphatic carbocycles. The van der Waals surface area contributed by atoms with Gasteiger partial charge in [0.25, 0.3) is 0 Å². The molecule has 0 fully saturated rings. The Morgan fingerprint density at radius 3 is 2.33 bits per heavy atom. The monoisotopic (exact) mass is 278 g/mol. The number of carbonyl (C=O) groups is 1. The molecule has 108 valence electrons. The molecule has 0 rings (SSSR count). The number of rotatable bonds is 9. The fourth-order valence-electron chi connectivity index (χ4n) is 1.35. The number of sulfone groups is 1. The minimum Gasteiger partial charge on any atom is -0.348 e. The second kappa shape index (κ2) is 8.48. The predicted octanol–water partition coefficient (Wildman–Crippen LogP) is 0.515. The standard InChI is InChI=1S/C12H26N2O3S/c1-11(2)9-13-7-5-6-8-18(16,17)10-12(15)14(3)4/h11,13H,5-10H2,1-4H3. The van der Waals surface area contributed by atoms with Crippen LogP contribution in [0, 0.1) is 5.92 Å². The van der Waals surface area contributed by atoms with Gasteiger partial charge in [-0.05, 0) is 31.8 Å². The second-order valence-electron chi connectivity index (χ2n) is 5.19. The van der Waals surface area contributed by atoms with Gasteiger partial charge in [-0.15, -0.1) is 0 Å². The number of hydrogen-bond acceptors (Lipinski definition) is 4. The summed E-state index contributed by atoms with van der Waals surface area (Å²) >= 11 is 0. The van der Waals surface area contributed by atoms with Gasteiger partial charge in [0.1, 0.15) is 5.75 Å². The predicted molar refractivity (Wildman–Crippen MR) is 74.3 cm³/mol. The normalized spacial score (nSPS) is 11.8. The van der Waals surface area contributed by atoms with Crippen LogP contribution >= 0.6 is 0 Å². The fraction of sp³-hybridized carbons (Fsp3) is 0.917. The van der Waals surface area contributed by atoms with E-state index in [4.69, 9.17) is 0 Å². The van der Waals surface area contributed by atoms with E-state index in [2.05, 4.69) is 19.2 Å². The number of nitrogens with one attached hydrogen (secondary N) is 1. The third-order valence-corrected chi connectivity index (χ3v) is 4.05. The highest BCUT2D eigenvalue weighted by Gasteiger charge is 2.17. The van der Waals surface area contributed by atoms with Gasteiger partial charge < -0.3 is 10.2 Å². The Labute approximate surface area is 111 Å². The van der Waals surface area contributed by atoms with Crippen molar-refractivity contribution in [3.63, 3.8) is 0 Å². The average Bonchev–Trinajstić information content (AvgIpc) is 2.21. The maximum atomic E-state index is 11.6. The molecule has 5 nitrogen and oxygen atoms in total. The lowest BCUT2D eigenvalue weighted by molar-refractivity contribution is -0.125. The number of unbranched alkanes of at least 4 members (excludes halogenated alkanes) is 1. The highest BCUT2D eigenvalue weighted by Crippen LogP contribution is 1.99. The summed E-state index contributed by atoms with van der Waals surface area (Å²) in [5.41, 5.74) is 0. The topological polar surface area (TPSA) is 66.5 Å². The Morgan fingerprint density at radius 2 is 1.83 bits per heavy atom. The van der Waals surface area contributed by atoms with E-state index in [1.54, 1.807) is 14.1 Å². The van der Waals surface area contributed by atoms with Crippen molar-refractivity contribution in [3.05, 3.63) is 0 Å². The van der Waals surface area contributed by atoms with Crippen LogP contribution in [0.5, 0.6) is 0 Å². The first-order valence-corrected chi connectivity index (χ1v) is 8.18. The molecule has 0 aromatic rings. The van der Waals surface area contributed by atoms with Crippen LogP contribution in [0.25, 0.3) is 0 Å². The molecule has 0 aromatic heterocycles. The Morgan fingerprint density at radius 1 is 1.22 bits per heavy atom. The molecule has 0 aliphatic rings. The summed E-state index contributed by atoms with van der Waals surface area (Å²) in [5, 5.41) is 3.26. The lowest BCUT2D eigenvalue weighted by Gasteiger charge is -2.10. The van der Waals surface area contributed by atoms with Gasteiger partial charge in [0, 0.05) is 14.1 Å². The SMILES string of the molecule is CC(C)CNCCCCS(=O)(=O)CC(=O)N(C)C. The smallest absolute Gasteiger partial charge is 0.237 e. The van der Waals surface area contributed by atoms with Crippen molar-refractivity contribution in [3.8, 4) is 0 Å². The molecule has 6 heteroatoms. The van der Waals surface area contributed by atoms with Crippen LogP contribution in [0.1, 0.15) is 26.7 Å². The molecule has 18 heavy (non-hydrogen) atoms. The molecule has 0 radical (unpaired) electrons. The van der Waals surface area contributed by atoms with Gasteiger partial charge in [0.05, 0.1) is 5.75 Å². The zero-order valence-corrected chi connectivity index (χ0v) is 12.7. The Kier molecular flexibility index (Phi) is 8.18. The maximum absolute atomic E-state index is 11.6. The highest BCUT2D eigenvalue weighted by molar-refractivity contribution is 7.92. The van der Waals surface area contributed by atoms with Crippen molar-refractivity contribution in [1.82, 2.24) is 10.2 Å². The summed E-state index contributed by atoms with van der Waals surface area (Å²) in [7, 11) is -0.122. The van der Waals surface area contributed by atoms with Crippen LogP contribution in [0.3, 0.4) is 0 Å². The van der Waals surface area contributed by atoms with Crippen LogP contribution in [0.4, 0.5) is 0 Å². The summed E-state index contributed by atoms with van der Waals surface area (Å²) in [4.78, 5) is 12.6. The first-order chi connectivity index (χ1) is 8.24. The first-order valence-electron chi connectivity index (χ1n) is 6.36. The lowest BCUT2D eigenvalue weighted by atomic mass is 10.2. The number of amides is 1. The maximum Gasteiger partial charge on any atom is 0.237 e. The number of hydrogen-bond donors (Lipinski definition) is 1. The lowest BCUT2D eigenvalue weighted by Crippen LogP contribution is -2.30. The van der Waals surface area contributed by atoms with Gasteiger partial charge >= 0.3 is 0 Å². The molecule has 0 spiro atoms. The number of carbonyl (C=O) groups excluding carboxylic acids is 1. The Hall–Kier alpha value is -0.620. The molecule has 0 aliphatic heterocycles. The van der Waals surface area contributed by atoms with E-state index in [0.717, 1.165) is 19.5 Å². The molecule has 0 heterocycles. The summed E-state index contributed by atoms with van der Waals surface area (Å²) in [5.74, 6) is -0.0330.